The zero-order valence-electron chi connectivity index (χ0n) is 10.5. The van der Waals surface area contributed by atoms with Gasteiger partial charge in [0, 0.05) is 12.1 Å². The van der Waals surface area contributed by atoms with Gasteiger partial charge in [-0.15, -0.1) is 23.2 Å². The molecule has 5 heteroatoms. The van der Waals surface area contributed by atoms with Gasteiger partial charge in [-0.1, -0.05) is 30.3 Å². The summed E-state index contributed by atoms with van der Waals surface area (Å²) in [6, 6.07) is 13.1. The van der Waals surface area contributed by atoms with Crippen LogP contribution in [-0.4, -0.2) is 15.2 Å². The molecule has 0 unspecified atom stereocenters. The third kappa shape index (κ3) is 2.39. The normalized spacial score (nSPS) is 23.1. The van der Waals surface area contributed by atoms with E-state index in [0.717, 1.165) is 5.56 Å². The maximum atomic E-state index is 12.3. The summed E-state index contributed by atoms with van der Waals surface area (Å²) in [6.45, 7) is 0. The zero-order chi connectivity index (χ0) is 14.2. The van der Waals surface area contributed by atoms with Gasteiger partial charge in [-0.2, -0.15) is 0 Å². The SMILES string of the molecule is O=C(Nc1cccnc1)[C@@H]1[C@H](c2ccccc2)C1(Cl)Cl. The number of anilines is 1. The standard InChI is InChI=1S/C15H12Cl2N2O/c16-15(17)12(10-5-2-1-3-6-10)13(15)14(20)19-11-7-4-8-18-9-11/h1-9,12-13H,(H,19,20)/t12-,13-/m0/s1. The maximum absolute atomic E-state index is 12.3. The zero-order valence-corrected chi connectivity index (χ0v) is 12.0. The molecule has 0 bridgehead atoms. The van der Waals surface area contributed by atoms with Crippen molar-refractivity contribution in [2.24, 2.45) is 5.92 Å². The molecule has 102 valence electrons. The largest absolute Gasteiger partial charge is 0.324 e. The topological polar surface area (TPSA) is 42.0 Å². The van der Waals surface area contributed by atoms with Crippen molar-refractivity contribution in [3.63, 3.8) is 0 Å². The quantitative estimate of drug-likeness (QED) is 0.880. The first-order chi connectivity index (χ1) is 9.60. The number of amides is 1. The predicted octanol–water partition coefficient (Wildman–Crippen LogP) is 3.61. The van der Waals surface area contributed by atoms with Crippen LogP contribution in [0.5, 0.6) is 0 Å². The number of carbonyl (C=O) groups excluding carboxylic acids is 1. The molecule has 1 aliphatic rings. The number of pyridine rings is 1. The van der Waals surface area contributed by atoms with Crippen LogP contribution < -0.4 is 5.32 Å². The fraction of sp³-hybridized carbons (Fsp3) is 0.200. The lowest BCUT2D eigenvalue weighted by molar-refractivity contribution is -0.117. The van der Waals surface area contributed by atoms with E-state index >= 15 is 0 Å². The molecular weight excluding hydrogens is 295 g/mol. The number of benzene rings is 1. The van der Waals surface area contributed by atoms with Gasteiger partial charge in [0.05, 0.1) is 17.8 Å². The number of carbonyl (C=O) groups is 1. The average Bonchev–Trinajstić information content (AvgIpc) is 3.04. The lowest BCUT2D eigenvalue weighted by atomic mass is 10.1. The Balaban J connectivity index is 1.76. The summed E-state index contributed by atoms with van der Waals surface area (Å²) >= 11 is 12.5. The van der Waals surface area contributed by atoms with Crippen molar-refractivity contribution < 1.29 is 4.79 Å². The molecule has 0 spiro atoms. The Labute approximate surface area is 126 Å². The maximum Gasteiger partial charge on any atom is 0.231 e. The summed E-state index contributed by atoms with van der Waals surface area (Å²) in [5.41, 5.74) is 1.61. The third-order valence-corrected chi connectivity index (χ3v) is 4.36. The smallest absolute Gasteiger partial charge is 0.231 e. The van der Waals surface area contributed by atoms with Crippen LogP contribution >= 0.6 is 23.2 Å². The van der Waals surface area contributed by atoms with Crippen molar-refractivity contribution in [1.29, 1.82) is 0 Å². The van der Waals surface area contributed by atoms with Crippen LogP contribution in [0.15, 0.2) is 54.9 Å². The van der Waals surface area contributed by atoms with Gasteiger partial charge >= 0.3 is 0 Å². The lowest BCUT2D eigenvalue weighted by Crippen LogP contribution is -2.17. The van der Waals surface area contributed by atoms with Gasteiger partial charge in [0.15, 0.2) is 0 Å². The molecule has 1 N–H and O–H groups in total. The molecule has 1 aromatic heterocycles. The minimum atomic E-state index is -1.05. The Kier molecular flexibility index (Phi) is 3.40. The highest BCUT2D eigenvalue weighted by atomic mass is 35.5. The molecule has 20 heavy (non-hydrogen) atoms. The van der Waals surface area contributed by atoms with Crippen LogP contribution in [0.4, 0.5) is 5.69 Å². The van der Waals surface area contributed by atoms with E-state index < -0.39 is 10.3 Å². The van der Waals surface area contributed by atoms with E-state index in [0.29, 0.717) is 5.69 Å². The van der Waals surface area contributed by atoms with Gasteiger partial charge in [0.25, 0.3) is 0 Å². The summed E-state index contributed by atoms with van der Waals surface area (Å²) < 4.78 is -1.05. The van der Waals surface area contributed by atoms with Gasteiger partial charge in [0.2, 0.25) is 5.91 Å². The van der Waals surface area contributed by atoms with E-state index in [1.807, 2.05) is 30.3 Å². The minimum absolute atomic E-state index is 0.177. The van der Waals surface area contributed by atoms with Crippen LogP contribution in [0, 0.1) is 5.92 Å². The average molecular weight is 307 g/mol. The Hall–Kier alpha value is -1.58. The molecule has 0 aliphatic heterocycles. The Bertz CT molecular complexity index is 616. The predicted molar refractivity (Wildman–Crippen MR) is 80.0 cm³/mol. The number of nitrogens with one attached hydrogen (secondary N) is 1. The highest BCUT2D eigenvalue weighted by molar-refractivity contribution is 6.53. The number of rotatable bonds is 3. The van der Waals surface area contributed by atoms with E-state index in [4.69, 9.17) is 23.2 Å². The van der Waals surface area contributed by atoms with Gasteiger partial charge in [-0.25, -0.2) is 0 Å². The molecule has 2 aromatic rings. The van der Waals surface area contributed by atoms with Crippen molar-refractivity contribution in [3.8, 4) is 0 Å². The van der Waals surface area contributed by atoms with Crippen LogP contribution in [0.3, 0.4) is 0 Å². The number of alkyl halides is 2. The highest BCUT2D eigenvalue weighted by Gasteiger charge is 2.67. The molecule has 1 aromatic carbocycles. The number of hydrogen-bond donors (Lipinski definition) is 1. The Morgan fingerprint density at radius 3 is 2.55 bits per heavy atom. The van der Waals surface area contributed by atoms with Crippen molar-refractivity contribution in [2.75, 3.05) is 5.32 Å². The van der Waals surface area contributed by atoms with Crippen molar-refractivity contribution in [3.05, 3.63) is 60.4 Å². The van der Waals surface area contributed by atoms with Crippen LogP contribution in [0.25, 0.3) is 0 Å². The molecule has 3 rings (SSSR count). The molecule has 1 aliphatic carbocycles. The monoisotopic (exact) mass is 306 g/mol. The van der Waals surface area contributed by atoms with E-state index in [2.05, 4.69) is 10.3 Å². The molecular formula is C15H12Cl2N2O. The minimum Gasteiger partial charge on any atom is -0.324 e. The first-order valence-corrected chi connectivity index (χ1v) is 7.00. The van der Waals surface area contributed by atoms with Crippen LogP contribution in [-0.2, 0) is 4.79 Å². The van der Waals surface area contributed by atoms with Crippen molar-refractivity contribution >= 4 is 34.8 Å². The summed E-state index contributed by atoms with van der Waals surface area (Å²) in [5, 5.41) is 2.79. The summed E-state index contributed by atoms with van der Waals surface area (Å²) in [4.78, 5) is 16.2. The van der Waals surface area contributed by atoms with E-state index in [-0.39, 0.29) is 11.8 Å². The number of hydrogen-bond acceptors (Lipinski definition) is 2. The van der Waals surface area contributed by atoms with E-state index in [9.17, 15) is 4.79 Å². The van der Waals surface area contributed by atoms with Gasteiger partial charge < -0.3 is 5.32 Å². The van der Waals surface area contributed by atoms with Crippen molar-refractivity contribution in [2.45, 2.75) is 10.3 Å². The molecule has 1 amide bonds. The number of nitrogens with zero attached hydrogens (tertiary/aromatic N) is 1. The summed E-state index contributed by atoms with van der Waals surface area (Å²) in [7, 11) is 0. The fourth-order valence-corrected chi connectivity index (χ4v) is 3.21. The first kappa shape index (κ1) is 13.4. The number of aromatic nitrogens is 1. The summed E-state index contributed by atoms with van der Waals surface area (Å²) in [5.74, 6) is -0.811. The second-order valence-corrected chi connectivity index (χ2v) is 6.22. The molecule has 0 saturated heterocycles. The van der Waals surface area contributed by atoms with Crippen LogP contribution in [0.2, 0.25) is 0 Å². The molecule has 1 fully saturated rings. The van der Waals surface area contributed by atoms with Gasteiger partial charge in [0.1, 0.15) is 4.33 Å². The first-order valence-electron chi connectivity index (χ1n) is 6.24. The lowest BCUT2D eigenvalue weighted by Gasteiger charge is -2.03. The Morgan fingerprint density at radius 2 is 1.90 bits per heavy atom. The molecule has 3 nitrogen and oxygen atoms in total. The third-order valence-electron chi connectivity index (χ3n) is 3.42. The fourth-order valence-electron chi connectivity index (χ4n) is 2.38. The van der Waals surface area contributed by atoms with E-state index in [1.165, 1.54) is 0 Å². The molecule has 0 radical (unpaired) electrons. The Morgan fingerprint density at radius 1 is 1.15 bits per heavy atom. The summed E-state index contributed by atoms with van der Waals surface area (Å²) in [6.07, 6.45) is 3.23. The van der Waals surface area contributed by atoms with Crippen molar-refractivity contribution in [1.82, 2.24) is 4.98 Å². The van der Waals surface area contributed by atoms with Gasteiger partial charge in [-0.05, 0) is 17.7 Å². The molecule has 2 atom stereocenters. The molecule has 1 heterocycles. The van der Waals surface area contributed by atoms with Gasteiger partial charge in [-0.3, -0.25) is 9.78 Å². The molecule has 1 saturated carbocycles. The van der Waals surface area contributed by atoms with E-state index in [1.54, 1.807) is 24.5 Å². The number of halogens is 2. The second kappa shape index (κ2) is 5.08. The van der Waals surface area contributed by atoms with Crippen LogP contribution in [0.1, 0.15) is 11.5 Å². The highest BCUT2D eigenvalue weighted by Crippen LogP contribution is 2.65. The second-order valence-electron chi connectivity index (χ2n) is 4.77.